The van der Waals surface area contributed by atoms with Gasteiger partial charge in [0.2, 0.25) is 0 Å². The van der Waals surface area contributed by atoms with Crippen molar-refractivity contribution < 1.29 is 17.9 Å². The molecule has 2 rings (SSSR count). The molecule has 0 saturated heterocycles. The van der Waals surface area contributed by atoms with Crippen molar-refractivity contribution >= 4 is 15.6 Å². The van der Waals surface area contributed by atoms with E-state index < -0.39 is 21.4 Å². The first-order valence-electron chi connectivity index (χ1n) is 5.43. The van der Waals surface area contributed by atoms with Crippen molar-refractivity contribution in [3.8, 4) is 5.75 Å². The summed E-state index contributed by atoms with van der Waals surface area (Å²) in [5.74, 6) is -0.300. The molecule has 0 N–H and O–H groups in total. The maximum Gasteiger partial charge on any atom is 0.181 e. The van der Waals surface area contributed by atoms with E-state index in [0.717, 1.165) is 24.7 Å². The molecule has 1 aliphatic heterocycles. The quantitative estimate of drug-likeness (QED) is 0.761. The number of carbonyl (C=O) groups excluding carboxylic acids is 1. The fourth-order valence-corrected chi connectivity index (χ4v) is 2.56. The molecule has 0 amide bonds. The number of benzene rings is 1. The Bertz CT molecular complexity index is 546. The zero-order chi connectivity index (χ0) is 12.5. The Hall–Kier alpha value is -1.36. The first kappa shape index (κ1) is 12.1. The molecule has 0 radical (unpaired) electrons. The predicted octanol–water partition coefficient (Wildman–Crippen LogP) is 1.24. The van der Waals surface area contributed by atoms with Gasteiger partial charge in [-0.3, -0.25) is 4.79 Å². The number of sulfone groups is 1. The fourth-order valence-electron chi connectivity index (χ4n) is 1.92. The molecular weight excluding hydrogens is 240 g/mol. The second-order valence-electron chi connectivity index (χ2n) is 4.24. The van der Waals surface area contributed by atoms with Gasteiger partial charge < -0.3 is 4.74 Å². The summed E-state index contributed by atoms with van der Waals surface area (Å²) in [6, 6.07) is 5.30. The topological polar surface area (TPSA) is 60.4 Å². The lowest BCUT2D eigenvalue weighted by molar-refractivity contribution is 0.101. The molecule has 17 heavy (non-hydrogen) atoms. The van der Waals surface area contributed by atoms with E-state index in [-0.39, 0.29) is 0 Å². The lowest BCUT2D eigenvalue weighted by Crippen LogP contribution is -2.18. The zero-order valence-electron chi connectivity index (χ0n) is 9.60. The van der Waals surface area contributed by atoms with Crippen LogP contribution in [0, 0.1) is 0 Å². The minimum atomic E-state index is -3.30. The molecule has 0 aromatic heterocycles. The van der Waals surface area contributed by atoms with Crippen LogP contribution in [-0.4, -0.2) is 32.8 Å². The summed E-state index contributed by atoms with van der Waals surface area (Å²) in [6.45, 7) is 0.580. The van der Waals surface area contributed by atoms with Crippen LogP contribution in [0.5, 0.6) is 5.75 Å². The first-order valence-corrected chi connectivity index (χ1v) is 7.49. The number of fused-ring (bicyclic) bond motifs is 1. The second kappa shape index (κ2) is 4.49. The highest BCUT2D eigenvalue weighted by Gasteiger charge is 2.21. The van der Waals surface area contributed by atoms with Crippen molar-refractivity contribution in [1.29, 1.82) is 0 Å². The number of hydrogen-bond donors (Lipinski definition) is 0. The van der Waals surface area contributed by atoms with Gasteiger partial charge in [-0.25, -0.2) is 8.42 Å². The molecule has 0 saturated carbocycles. The Balaban J connectivity index is 2.36. The molecule has 1 aromatic rings. The van der Waals surface area contributed by atoms with Crippen LogP contribution in [0.3, 0.4) is 0 Å². The van der Waals surface area contributed by atoms with Crippen molar-refractivity contribution in [2.75, 3.05) is 18.6 Å². The molecule has 0 unspecified atom stereocenters. The monoisotopic (exact) mass is 254 g/mol. The molecule has 92 valence electrons. The van der Waals surface area contributed by atoms with Gasteiger partial charge in [-0.2, -0.15) is 0 Å². The Kier molecular flexibility index (Phi) is 3.19. The average molecular weight is 254 g/mol. The first-order chi connectivity index (χ1) is 7.97. The van der Waals surface area contributed by atoms with Crippen LogP contribution in [-0.2, 0) is 16.3 Å². The number of hydrogen-bond acceptors (Lipinski definition) is 4. The van der Waals surface area contributed by atoms with Gasteiger partial charge >= 0.3 is 0 Å². The van der Waals surface area contributed by atoms with Crippen LogP contribution in [0.25, 0.3) is 0 Å². The number of ether oxygens (including phenoxy) is 1. The van der Waals surface area contributed by atoms with E-state index in [0.29, 0.717) is 17.9 Å². The summed E-state index contributed by atoms with van der Waals surface area (Å²) in [5, 5.41) is 0. The fraction of sp³-hybridized carbons (Fsp3) is 0.417. The van der Waals surface area contributed by atoms with E-state index in [1.165, 1.54) is 0 Å². The Morgan fingerprint density at radius 1 is 1.41 bits per heavy atom. The number of para-hydroxylation sites is 1. The van der Waals surface area contributed by atoms with Gasteiger partial charge in [0, 0.05) is 6.26 Å². The molecule has 1 heterocycles. The van der Waals surface area contributed by atoms with E-state index in [1.54, 1.807) is 12.1 Å². The summed E-state index contributed by atoms with van der Waals surface area (Å²) < 4.78 is 27.7. The van der Waals surface area contributed by atoms with E-state index in [4.69, 9.17) is 4.74 Å². The third-order valence-corrected chi connectivity index (χ3v) is 3.41. The molecule has 4 nitrogen and oxygen atoms in total. The van der Waals surface area contributed by atoms with Crippen LogP contribution in [0.4, 0.5) is 0 Å². The van der Waals surface area contributed by atoms with Crippen LogP contribution in [0.1, 0.15) is 22.3 Å². The molecule has 1 aliphatic rings. The standard InChI is InChI=1S/C12H14O4S/c1-17(14,15)8-11(13)10-6-2-4-9-5-3-7-16-12(9)10/h2,4,6H,3,5,7-8H2,1H3. The van der Waals surface area contributed by atoms with Crippen LogP contribution < -0.4 is 4.74 Å². The van der Waals surface area contributed by atoms with Crippen molar-refractivity contribution in [1.82, 2.24) is 0 Å². The number of Topliss-reactive ketones (excluding diaryl/α,β-unsaturated/α-hetero) is 1. The van der Waals surface area contributed by atoms with E-state index in [1.807, 2.05) is 6.07 Å². The van der Waals surface area contributed by atoms with Crippen LogP contribution >= 0.6 is 0 Å². The van der Waals surface area contributed by atoms with Crippen molar-refractivity contribution in [2.45, 2.75) is 12.8 Å². The average Bonchev–Trinajstić information content (AvgIpc) is 2.26. The maximum atomic E-state index is 11.9. The Morgan fingerprint density at radius 3 is 2.88 bits per heavy atom. The van der Waals surface area contributed by atoms with E-state index in [9.17, 15) is 13.2 Å². The Labute approximate surface area is 101 Å². The summed E-state index contributed by atoms with van der Waals surface area (Å²) in [7, 11) is -3.30. The van der Waals surface area contributed by atoms with Crippen LogP contribution in [0.15, 0.2) is 18.2 Å². The van der Waals surface area contributed by atoms with Crippen molar-refractivity contribution in [3.05, 3.63) is 29.3 Å². The van der Waals surface area contributed by atoms with E-state index in [2.05, 4.69) is 0 Å². The number of ketones is 1. The molecular formula is C12H14O4S. The van der Waals surface area contributed by atoms with Gasteiger partial charge in [-0.1, -0.05) is 12.1 Å². The highest BCUT2D eigenvalue weighted by Crippen LogP contribution is 2.29. The lowest BCUT2D eigenvalue weighted by atomic mass is 10.0. The molecule has 1 aromatic carbocycles. The largest absolute Gasteiger partial charge is 0.493 e. The normalized spacial score (nSPS) is 14.9. The van der Waals surface area contributed by atoms with Crippen molar-refractivity contribution in [2.24, 2.45) is 0 Å². The number of rotatable bonds is 3. The summed E-state index contributed by atoms with van der Waals surface area (Å²) in [5.41, 5.74) is 1.36. The van der Waals surface area contributed by atoms with Gasteiger partial charge in [0.15, 0.2) is 15.6 Å². The van der Waals surface area contributed by atoms with Gasteiger partial charge in [0.05, 0.1) is 12.2 Å². The predicted molar refractivity (Wildman–Crippen MR) is 64.3 cm³/mol. The second-order valence-corrected chi connectivity index (χ2v) is 6.38. The summed E-state index contributed by atoms with van der Waals surface area (Å²) in [6.07, 6.45) is 2.85. The number of carbonyl (C=O) groups is 1. The third kappa shape index (κ3) is 2.85. The molecule has 0 aliphatic carbocycles. The van der Waals surface area contributed by atoms with Gasteiger partial charge in [0.1, 0.15) is 11.5 Å². The highest BCUT2D eigenvalue weighted by molar-refractivity contribution is 7.91. The molecule has 5 heteroatoms. The third-order valence-electron chi connectivity index (χ3n) is 2.63. The molecule has 0 atom stereocenters. The molecule has 0 bridgehead atoms. The SMILES string of the molecule is CS(=O)(=O)CC(=O)c1cccc2c1OCCC2. The molecule has 0 fully saturated rings. The zero-order valence-corrected chi connectivity index (χ0v) is 10.4. The lowest BCUT2D eigenvalue weighted by Gasteiger charge is -2.19. The van der Waals surface area contributed by atoms with Gasteiger partial charge in [-0.15, -0.1) is 0 Å². The number of aryl methyl sites for hydroxylation is 1. The Morgan fingerprint density at radius 2 is 2.18 bits per heavy atom. The molecule has 0 spiro atoms. The smallest absolute Gasteiger partial charge is 0.181 e. The highest BCUT2D eigenvalue weighted by atomic mass is 32.2. The van der Waals surface area contributed by atoms with E-state index >= 15 is 0 Å². The van der Waals surface area contributed by atoms with Gasteiger partial charge in [-0.05, 0) is 24.5 Å². The maximum absolute atomic E-state index is 11.9. The minimum absolute atomic E-state index is 0.382. The minimum Gasteiger partial charge on any atom is -0.493 e. The van der Waals surface area contributed by atoms with Crippen molar-refractivity contribution in [3.63, 3.8) is 0 Å². The summed E-state index contributed by atoms with van der Waals surface area (Å²) >= 11 is 0. The van der Waals surface area contributed by atoms with Gasteiger partial charge in [0.25, 0.3) is 0 Å². The summed E-state index contributed by atoms with van der Waals surface area (Å²) in [4.78, 5) is 11.9. The van der Waals surface area contributed by atoms with Crippen LogP contribution in [0.2, 0.25) is 0 Å².